The Bertz CT molecular complexity index is 476. The minimum atomic E-state index is -0.302. The summed E-state index contributed by atoms with van der Waals surface area (Å²) >= 11 is 0. The molecule has 1 aliphatic rings. The average molecular weight is 262 g/mol. The van der Waals surface area contributed by atoms with Crippen molar-refractivity contribution in [3.63, 3.8) is 0 Å². The van der Waals surface area contributed by atoms with E-state index < -0.39 is 0 Å². The summed E-state index contributed by atoms with van der Waals surface area (Å²) in [6.07, 6.45) is 0.809. The number of carbonyl (C=O) groups is 2. The highest BCUT2D eigenvalue weighted by Crippen LogP contribution is 2.18. The summed E-state index contributed by atoms with van der Waals surface area (Å²) in [4.78, 5) is 23.0. The molecule has 2 N–H and O–H groups in total. The molecular formula is C14H18N2O3. The zero-order chi connectivity index (χ0) is 13.9. The fraction of sp³-hybridized carbons (Fsp3) is 0.429. The average Bonchev–Trinajstić information content (AvgIpc) is 2.76. The number of carbonyl (C=O) groups excluding carboxylic acids is 2. The Morgan fingerprint density at radius 2 is 1.95 bits per heavy atom. The van der Waals surface area contributed by atoms with Gasteiger partial charge in [0.05, 0.1) is 12.1 Å². The van der Waals surface area contributed by atoms with Gasteiger partial charge in [0.25, 0.3) is 0 Å². The zero-order valence-corrected chi connectivity index (χ0v) is 11.2. The number of hydrogen-bond donors (Lipinski definition) is 2. The fourth-order valence-electron chi connectivity index (χ4n) is 1.99. The molecule has 102 valence electrons. The van der Waals surface area contributed by atoms with Crippen LogP contribution in [0.15, 0.2) is 24.3 Å². The lowest BCUT2D eigenvalue weighted by Gasteiger charge is -2.23. The summed E-state index contributed by atoms with van der Waals surface area (Å²) in [6.45, 7) is 4.67. The van der Waals surface area contributed by atoms with Crippen molar-refractivity contribution < 1.29 is 14.3 Å². The Hall–Kier alpha value is -1.88. The van der Waals surface area contributed by atoms with Gasteiger partial charge < -0.3 is 15.4 Å². The van der Waals surface area contributed by atoms with E-state index in [9.17, 15) is 9.59 Å². The van der Waals surface area contributed by atoms with Gasteiger partial charge in [-0.05, 0) is 44.5 Å². The number of benzene rings is 1. The minimum Gasteiger partial charge on any atom is -0.379 e. The molecule has 19 heavy (non-hydrogen) atoms. The smallest absolute Gasteiger partial charge is 0.319 e. The Balaban J connectivity index is 1.93. The maximum atomic E-state index is 11.8. The van der Waals surface area contributed by atoms with Crippen molar-refractivity contribution in [2.75, 3.05) is 18.5 Å². The molecule has 0 spiro atoms. The third kappa shape index (κ3) is 3.54. The molecule has 1 saturated heterocycles. The third-order valence-electron chi connectivity index (χ3n) is 3.18. The maximum absolute atomic E-state index is 11.8. The lowest BCUT2D eigenvalue weighted by atomic mass is 10.0. The van der Waals surface area contributed by atoms with E-state index in [1.54, 1.807) is 24.3 Å². The van der Waals surface area contributed by atoms with E-state index in [0.29, 0.717) is 24.5 Å². The number of ketones is 1. The second-order valence-electron chi connectivity index (χ2n) is 5.08. The number of Topliss-reactive ketones (excluding diaryl/α,β-unsaturated/α-hetero) is 1. The van der Waals surface area contributed by atoms with Crippen LogP contribution in [-0.4, -0.2) is 30.6 Å². The van der Waals surface area contributed by atoms with E-state index in [2.05, 4.69) is 10.6 Å². The first-order valence-electron chi connectivity index (χ1n) is 6.26. The predicted molar refractivity (Wildman–Crippen MR) is 72.4 cm³/mol. The Morgan fingerprint density at radius 3 is 2.47 bits per heavy atom. The van der Waals surface area contributed by atoms with Gasteiger partial charge in [0.2, 0.25) is 0 Å². The van der Waals surface area contributed by atoms with Crippen LogP contribution in [0, 0.1) is 0 Å². The van der Waals surface area contributed by atoms with Gasteiger partial charge in [-0.25, -0.2) is 4.79 Å². The van der Waals surface area contributed by atoms with Crippen molar-refractivity contribution >= 4 is 17.5 Å². The number of ether oxygens (including phenoxy) is 1. The van der Waals surface area contributed by atoms with E-state index in [4.69, 9.17) is 4.74 Å². The summed E-state index contributed by atoms with van der Waals surface area (Å²) in [6, 6.07) is 6.55. The number of urea groups is 1. The highest BCUT2D eigenvalue weighted by molar-refractivity contribution is 5.95. The van der Waals surface area contributed by atoms with Gasteiger partial charge in [-0.1, -0.05) is 0 Å². The summed E-state index contributed by atoms with van der Waals surface area (Å²) in [5.74, 6) is 0.00613. The number of hydrogen-bond acceptors (Lipinski definition) is 3. The molecule has 5 heteroatoms. The minimum absolute atomic E-state index is 0.00613. The topological polar surface area (TPSA) is 67.4 Å². The Morgan fingerprint density at radius 1 is 1.26 bits per heavy atom. The van der Waals surface area contributed by atoms with E-state index >= 15 is 0 Å². The molecule has 1 aromatic rings. The fourth-order valence-corrected chi connectivity index (χ4v) is 1.99. The second kappa shape index (κ2) is 5.40. The Kier molecular flexibility index (Phi) is 3.85. The normalized spacial score (nSPS) is 22.0. The first kappa shape index (κ1) is 13.5. The summed E-state index contributed by atoms with van der Waals surface area (Å²) in [5.41, 5.74) is 0.982. The largest absolute Gasteiger partial charge is 0.379 e. The maximum Gasteiger partial charge on any atom is 0.319 e. The number of anilines is 1. The van der Waals surface area contributed by atoms with Gasteiger partial charge in [-0.3, -0.25) is 4.79 Å². The summed E-state index contributed by atoms with van der Waals surface area (Å²) in [7, 11) is 0. The van der Waals surface area contributed by atoms with Gasteiger partial charge in [0.15, 0.2) is 5.78 Å². The molecule has 0 aliphatic carbocycles. The molecule has 5 nitrogen and oxygen atoms in total. The monoisotopic (exact) mass is 262 g/mol. The molecule has 2 rings (SSSR count). The highest BCUT2D eigenvalue weighted by Gasteiger charge is 2.31. The first-order valence-corrected chi connectivity index (χ1v) is 6.26. The van der Waals surface area contributed by atoms with Crippen LogP contribution in [0.25, 0.3) is 0 Å². The van der Waals surface area contributed by atoms with Crippen LogP contribution in [0.5, 0.6) is 0 Å². The quantitative estimate of drug-likeness (QED) is 0.820. The molecule has 1 aliphatic heterocycles. The molecule has 1 aromatic carbocycles. The summed E-state index contributed by atoms with van der Waals surface area (Å²) < 4.78 is 5.27. The SMILES string of the molecule is CC(=O)c1ccc(NC(=O)NC2(C)CCOC2)cc1. The van der Waals surface area contributed by atoms with Gasteiger partial charge in [0, 0.05) is 17.9 Å². The van der Waals surface area contributed by atoms with Crippen molar-refractivity contribution in [3.8, 4) is 0 Å². The predicted octanol–water partition coefficient (Wildman–Crippen LogP) is 2.19. The molecular weight excluding hydrogens is 244 g/mol. The highest BCUT2D eigenvalue weighted by atomic mass is 16.5. The van der Waals surface area contributed by atoms with Crippen LogP contribution in [0.2, 0.25) is 0 Å². The van der Waals surface area contributed by atoms with Crippen LogP contribution in [0.4, 0.5) is 10.5 Å². The van der Waals surface area contributed by atoms with Crippen molar-refractivity contribution in [1.82, 2.24) is 5.32 Å². The van der Waals surface area contributed by atoms with Crippen LogP contribution < -0.4 is 10.6 Å². The van der Waals surface area contributed by atoms with E-state index in [0.717, 1.165) is 6.42 Å². The first-order chi connectivity index (χ1) is 8.98. The molecule has 0 bridgehead atoms. The van der Waals surface area contributed by atoms with Crippen LogP contribution >= 0.6 is 0 Å². The number of rotatable bonds is 3. The zero-order valence-electron chi connectivity index (χ0n) is 11.2. The second-order valence-corrected chi connectivity index (χ2v) is 5.08. The van der Waals surface area contributed by atoms with Crippen LogP contribution in [-0.2, 0) is 4.74 Å². The molecule has 1 heterocycles. The molecule has 1 atom stereocenters. The van der Waals surface area contributed by atoms with Gasteiger partial charge in [-0.2, -0.15) is 0 Å². The van der Waals surface area contributed by atoms with Crippen molar-refractivity contribution in [2.45, 2.75) is 25.8 Å². The van der Waals surface area contributed by atoms with Gasteiger partial charge in [0.1, 0.15) is 0 Å². The molecule has 0 saturated carbocycles. The number of amides is 2. The van der Waals surface area contributed by atoms with Crippen LogP contribution in [0.1, 0.15) is 30.6 Å². The van der Waals surface area contributed by atoms with Crippen molar-refractivity contribution in [1.29, 1.82) is 0 Å². The molecule has 2 amide bonds. The van der Waals surface area contributed by atoms with Gasteiger partial charge >= 0.3 is 6.03 Å². The molecule has 0 aromatic heterocycles. The molecule has 1 unspecified atom stereocenters. The lowest BCUT2D eigenvalue weighted by Crippen LogP contribution is -2.48. The van der Waals surface area contributed by atoms with Crippen LogP contribution in [0.3, 0.4) is 0 Å². The standard InChI is InChI=1S/C14H18N2O3/c1-10(17)11-3-5-12(6-4-11)15-13(18)16-14(2)7-8-19-9-14/h3-6H,7-9H2,1-2H3,(H2,15,16,18). The molecule has 0 radical (unpaired) electrons. The van der Waals surface area contributed by atoms with E-state index in [-0.39, 0.29) is 17.4 Å². The third-order valence-corrected chi connectivity index (χ3v) is 3.18. The van der Waals surface area contributed by atoms with E-state index in [1.807, 2.05) is 6.92 Å². The Labute approximate surface area is 112 Å². The van der Waals surface area contributed by atoms with Crippen molar-refractivity contribution in [2.24, 2.45) is 0 Å². The number of nitrogens with one attached hydrogen (secondary N) is 2. The van der Waals surface area contributed by atoms with E-state index in [1.165, 1.54) is 6.92 Å². The lowest BCUT2D eigenvalue weighted by molar-refractivity contribution is 0.101. The molecule has 1 fully saturated rings. The van der Waals surface area contributed by atoms with Gasteiger partial charge in [-0.15, -0.1) is 0 Å². The summed E-state index contributed by atoms with van der Waals surface area (Å²) in [5, 5.41) is 5.64. The van der Waals surface area contributed by atoms with Crippen molar-refractivity contribution in [3.05, 3.63) is 29.8 Å².